The number of hydrogen-bond acceptors (Lipinski definition) is 6. The Morgan fingerprint density at radius 2 is 2.05 bits per heavy atom. The van der Waals surface area contributed by atoms with Crippen LogP contribution >= 0.6 is 0 Å². The maximum atomic E-state index is 5.41. The number of anilines is 2. The quantitative estimate of drug-likeness (QED) is 0.432. The second-order valence-electron chi connectivity index (χ2n) is 4.90. The standard InChI is InChI=1S/C14H17N7/c1-8-5-3-4-6-10(8)9(2)17-12-11-7-16-21-13(11)19-14(18-12)20-15/h3-7,9H,15H2,1-2H3,(H3,16,17,18,19,20,21). The van der Waals surface area contributed by atoms with Gasteiger partial charge in [-0.15, -0.1) is 0 Å². The van der Waals surface area contributed by atoms with Gasteiger partial charge in [0.25, 0.3) is 0 Å². The third kappa shape index (κ3) is 2.50. The minimum absolute atomic E-state index is 0.102. The molecule has 7 heteroatoms. The Morgan fingerprint density at radius 1 is 1.24 bits per heavy atom. The molecule has 0 aliphatic carbocycles. The first-order chi connectivity index (χ1) is 10.2. The molecule has 21 heavy (non-hydrogen) atoms. The molecule has 0 saturated carbocycles. The molecule has 0 radical (unpaired) electrons. The monoisotopic (exact) mass is 283 g/mol. The number of benzene rings is 1. The molecule has 2 heterocycles. The van der Waals surface area contributed by atoms with E-state index in [1.807, 2.05) is 12.1 Å². The number of nitrogens with two attached hydrogens (primary N) is 1. The summed E-state index contributed by atoms with van der Waals surface area (Å²) < 4.78 is 0. The number of fused-ring (bicyclic) bond motifs is 1. The minimum Gasteiger partial charge on any atom is -0.363 e. The molecule has 2 aromatic heterocycles. The van der Waals surface area contributed by atoms with E-state index in [9.17, 15) is 0 Å². The van der Waals surface area contributed by atoms with Gasteiger partial charge >= 0.3 is 0 Å². The van der Waals surface area contributed by atoms with E-state index in [4.69, 9.17) is 5.84 Å². The Bertz CT molecular complexity index is 765. The highest BCUT2D eigenvalue weighted by molar-refractivity contribution is 5.87. The molecule has 108 valence electrons. The molecule has 0 aliphatic rings. The fourth-order valence-corrected chi connectivity index (χ4v) is 2.36. The highest BCUT2D eigenvalue weighted by Crippen LogP contribution is 2.25. The molecule has 0 amide bonds. The Morgan fingerprint density at radius 3 is 2.81 bits per heavy atom. The first-order valence-electron chi connectivity index (χ1n) is 6.69. The second-order valence-corrected chi connectivity index (χ2v) is 4.90. The Kier molecular flexibility index (Phi) is 3.41. The lowest BCUT2D eigenvalue weighted by molar-refractivity contribution is 0.866. The van der Waals surface area contributed by atoms with Crippen molar-refractivity contribution < 1.29 is 0 Å². The van der Waals surface area contributed by atoms with Crippen LogP contribution in [0.1, 0.15) is 24.1 Å². The molecule has 0 saturated heterocycles. The minimum atomic E-state index is 0.102. The van der Waals surface area contributed by atoms with Gasteiger partial charge in [0.05, 0.1) is 17.6 Å². The number of aromatic nitrogens is 4. The van der Waals surface area contributed by atoms with E-state index in [0.717, 1.165) is 5.39 Å². The van der Waals surface area contributed by atoms with Crippen LogP contribution in [-0.2, 0) is 0 Å². The number of hydrogen-bond donors (Lipinski definition) is 4. The molecule has 0 fully saturated rings. The van der Waals surface area contributed by atoms with Crippen molar-refractivity contribution in [1.29, 1.82) is 0 Å². The zero-order valence-electron chi connectivity index (χ0n) is 11.9. The lowest BCUT2D eigenvalue weighted by atomic mass is 10.0. The Labute approximate surface area is 122 Å². The number of aryl methyl sites for hydroxylation is 1. The van der Waals surface area contributed by atoms with Crippen LogP contribution < -0.4 is 16.6 Å². The van der Waals surface area contributed by atoms with E-state index >= 15 is 0 Å². The van der Waals surface area contributed by atoms with Crippen molar-refractivity contribution in [2.75, 3.05) is 10.7 Å². The molecule has 0 spiro atoms. The summed E-state index contributed by atoms with van der Waals surface area (Å²) >= 11 is 0. The van der Waals surface area contributed by atoms with Crippen molar-refractivity contribution >= 4 is 22.8 Å². The molecular weight excluding hydrogens is 266 g/mol. The smallest absolute Gasteiger partial charge is 0.241 e. The van der Waals surface area contributed by atoms with Crippen molar-refractivity contribution in [3.8, 4) is 0 Å². The van der Waals surface area contributed by atoms with Crippen LogP contribution in [0.2, 0.25) is 0 Å². The van der Waals surface area contributed by atoms with Crippen LogP contribution in [-0.4, -0.2) is 20.2 Å². The normalized spacial score (nSPS) is 12.3. The Balaban J connectivity index is 1.97. The van der Waals surface area contributed by atoms with Gasteiger partial charge in [-0.2, -0.15) is 15.1 Å². The first kappa shape index (κ1) is 13.3. The maximum Gasteiger partial charge on any atom is 0.241 e. The topological polar surface area (TPSA) is 105 Å². The average molecular weight is 283 g/mol. The zero-order valence-corrected chi connectivity index (χ0v) is 11.9. The van der Waals surface area contributed by atoms with Crippen LogP contribution in [0.4, 0.5) is 11.8 Å². The van der Waals surface area contributed by atoms with Gasteiger partial charge in [0.2, 0.25) is 5.95 Å². The fraction of sp³-hybridized carbons (Fsp3) is 0.214. The maximum absolute atomic E-state index is 5.41. The van der Waals surface area contributed by atoms with Gasteiger partial charge in [-0.1, -0.05) is 24.3 Å². The van der Waals surface area contributed by atoms with Crippen LogP contribution in [0.5, 0.6) is 0 Å². The fourth-order valence-electron chi connectivity index (χ4n) is 2.36. The average Bonchev–Trinajstić information content (AvgIpc) is 2.96. The van der Waals surface area contributed by atoms with Gasteiger partial charge in [0.1, 0.15) is 5.82 Å². The predicted molar refractivity (Wildman–Crippen MR) is 82.7 cm³/mol. The van der Waals surface area contributed by atoms with E-state index in [1.54, 1.807) is 6.20 Å². The zero-order chi connectivity index (χ0) is 14.8. The van der Waals surface area contributed by atoms with Gasteiger partial charge in [0.15, 0.2) is 5.65 Å². The SMILES string of the molecule is Cc1ccccc1C(C)Nc1nc(NN)nc2[nH]ncc12. The number of nitrogens with zero attached hydrogens (tertiary/aromatic N) is 3. The molecule has 7 nitrogen and oxygen atoms in total. The summed E-state index contributed by atoms with van der Waals surface area (Å²) in [7, 11) is 0. The summed E-state index contributed by atoms with van der Waals surface area (Å²) in [5.74, 6) is 6.44. The summed E-state index contributed by atoms with van der Waals surface area (Å²) in [5, 5.41) is 11.0. The van der Waals surface area contributed by atoms with E-state index < -0.39 is 0 Å². The third-order valence-electron chi connectivity index (χ3n) is 3.45. The number of rotatable bonds is 4. The number of aromatic amines is 1. The van der Waals surface area contributed by atoms with Crippen molar-refractivity contribution in [3.63, 3.8) is 0 Å². The van der Waals surface area contributed by atoms with Crippen LogP contribution in [0.25, 0.3) is 11.0 Å². The van der Waals surface area contributed by atoms with Gasteiger partial charge < -0.3 is 5.32 Å². The summed E-state index contributed by atoms with van der Waals surface area (Å²) in [6.45, 7) is 4.18. The molecule has 0 aliphatic heterocycles. The number of nitrogens with one attached hydrogen (secondary N) is 3. The first-order valence-corrected chi connectivity index (χ1v) is 6.69. The molecule has 0 bridgehead atoms. The van der Waals surface area contributed by atoms with Gasteiger partial charge in [-0.05, 0) is 25.0 Å². The van der Waals surface area contributed by atoms with Gasteiger partial charge in [-0.3, -0.25) is 10.5 Å². The number of H-pyrrole nitrogens is 1. The van der Waals surface area contributed by atoms with E-state index in [-0.39, 0.29) is 6.04 Å². The summed E-state index contributed by atoms with van der Waals surface area (Å²) in [6.07, 6.45) is 1.70. The van der Waals surface area contributed by atoms with E-state index in [1.165, 1.54) is 11.1 Å². The van der Waals surface area contributed by atoms with Crippen molar-refractivity contribution in [2.24, 2.45) is 5.84 Å². The highest BCUT2D eigenvalue weighted by Gasteiger charge is 2.13. The van der Waals surface area contributed by atoms with E-state index in [2.05, 4.69) is 56.9 Å². The van der Waals surface area contributed by atoms with Crippen molar-refractivity contribution in [2.45, 2.75) is 19.9 Å². The summed E-state index contributed by atoms with van der Waals surface area (Å²) in [6, 6.07) is 8.35. The second kappa shape index (κ2) is 5.37. The van der Waals surface area contributed by atoms with Crippen molar-refractivity contribution in [3.05, 3.63) is 41.6 Å². The molecule has 1 atom stereocenters. The van der Waals surface area contributed by atoms with E-state index in [0.29, 0.717) is 17.4 Å². The summed E-state index contributed by atoms with van der Waals surface area (Å²) in [5.41, 5.74) is 5.55. The molecule has 1 aromatic carbocycles. The molecule has 3 aromatic rings. The van der Waals surface area contributed by atoms with Gasteiger partial charge in [-0.25, -0.2) is 5.84 Å². The van der Waals surface area contributed by atoms with Crippen LogP contribution in [0, 0.1) is 6.92 Å². The van der Waals surface area contributed by atoms with Crippen LogP contribution in [0.3, 0.4) is 0 Å². The van der Waals surface area contributed by atoms with Crippen LogP contribution in [0.15, 0.2) is 30.5 Å². The lowest BCUT2D eigenvalue weighted by Gasteiger charge is -2.17. The predicted octanol–water partition coefficient (Wildman–Crippen LogP) is 2.12. The Hall–Kier alpha value is -2.67. The molecule has 5 N–H and O–H groups in total. The summed E-state index contributed by atoms with van der Waals surface area (Å²) in [4.78, 5) is 8.58. The van der Waals surface area contributed by atoms with Crippen molar-refractivity contribution in [1.82, 2.24) is 20.2 Å². The largest absolute Gasteiger partial charge is 0.363 e. The third-order valence-corrected chi connectivity index (χ3v) is 3.45. The molecular formula is C14H17N7. The number of nitrogen functional groups attached to an aromatic ring is 1. The number of hydrazine groups is 1. The highest BCUT2D eigenvalue weighted by atomic mass is 15.3. The lowest BCUT2D eigenvalue weighted by Crippen LogP contribution is -2.14. The molecule has 3 rings (SSSR count). The molecule has 1 unspecified atom stereocenters. The van der Waals surface area contributed by atoms with Gasteiger partial charge in [0, 0.05) is 0 Å².